The molecule has 6 nitrogen and oxygen atoms in total. The number of benzene rings is 3. The first-order valence-corrected chi connectivity index (χ1v) is 12.6. The normalized spacial score (nSPS) is 17.0. The predicted octanol–water partition coefficient (Wildman–Crippen LogP) is 5.12. The van der Waals surface area contributed by atoms with Gasteiger partial charge in [-0.2, -0.15) is 0 Å². The van der Waals surface area contributed by atoms with Crippen molar-refractivity contribution < 1.29 is 19.4 Å². The van der Waals surface area contributed by atoms with Gasteiger partial charge in [0.05, 0.1) is 11.6 Å². The number of Topliss-reactive ketones (excluding diaryl/α,β-unsaturated/α-hetero) is 1. The SMILES string of the molecule is CCc1ccc(C2/C(=C(\O)c3ccc(OCc4cccc(C)c4)cc3)C(=O)C(=O)N2CCN(C)C)cc1. The Bertz CT molecular complexity index is 1290. The molecule has 4 rings (SSSR count). The van der Waals surface area contributed by atoms with E-state index >= 15 is 0 Å². The molecule has 1 fully saturated rings. The van der Waals surface area contributed by atoms with Crippen LogP contribution in [0.3, 0.4) is 0 Å². The minimum atomic E-state index is -0.666. The number of nitrogens with zero attached hydrogens (tertiary/aromatic N) is 2. The number of aliphatic hydroxyl groups excluding tert-OH is 1. The molecule has 1 atom stereocenters. The van der Waals surface area contributed by atoms with Crippen LogP contribution in [0, 0.1) is 6.92 Å². The molecule has 0 radical (unpaired) electrons. The molecule has 1 heterocycles. The highest BCUT2D eigenvalue weighted by Crippen LogP contribution is 2.39. The van der Waals surface area contributed by atoms with E-state index in [4.69, 9.17) is 4.74 Å². The minimum absolute atomic E-state index is 0.112. The maximum Gasteiger partial charge on any atom is 0.295 e. The summed E-state index contributed by atoms with van der Waals surface area (Å²) in [5.41, 5.74) is 4.77. The van der Waals surface area contributed by atoms with Crippen molar-refractivity contribution >= 4 is 17.4 Å². The lowest BCUT2D eigenvalue weighted by Gasteiger charge is -2.26. The van der Waals surface area contributed by atoms with Crippen molar-refractivity contribution in [3.8, 4) is 5.75 Å². The molecule has 1 saturated heterocycles. The minimum Gasteiger partial charge on any atom is -0.507 e. The van der Waals surface area contributed by atoms with Crippen molar-refractivity contribution in [2.45, 2.75) is 32.9 Å². The van der Waals surface area contributed by atoms with Crippen molar-refractivity contribution in [3.63, 3.8) is 0 Å². The number of hydrogen-bond acceptors (Lipinski definition) is 5. The summed E-state index contributed by atoms with van der Waals surface area (Å²) in [4.78, 5) is 29.8. The van der Waals surface area contributed by atoms with E-state index in [1.807, 2.05) is 68.4 Å². The van der Waals surface area contributed by atoms with Gasteiger partial charge in [-0.25, -0.2) is 0 Å². The number of carbonyl (C=O) groups is 2. The maximum absolute atomic E-state index is 13.2. The lowest BCUT2D eigenvalue weighted by molar-refractivity contribution is -0.140. The first-order valence-electron chi connectivity index (χ1n) is 12.6. The van der Waals surface area contributed by atoms with E-state index in [1.165, 1.54) is 5.56 Å². The summed E-state index contributed by atoms with van der Waals surface area (Å²) in [7, 11) is 3.84. The first-order chi connectivity index (χ1) is 17.8. The fourth-order valence-electron chi connectivity index (χ4n) is 4.53. The van der Waals surface area contributed by atoms with E-state index in [-0.39, 0.29) is 11.3 Å². The summed E-state index contributed by atoms with van der Waals surface area (Å²) in [6, 6.07) is 22.3. The summed E-state index contributed by atoms with van der Waals surface area (Å²) >= 11 is 0. The van der Waals surface area contributed by atoms with E-state index in [1.54, 1.807) is 29.2 Å². The van der Waals surface area contributed by atoms with Gasteiger partial charge in [-0.05, 0) is 68.4 Å². The standard InChI is InChI=1S/C31H34N2O4/c1-5-22-9-11-24(12-10-22)28-27(30(35)31(36)33(28)18-17-32(3)4)29(34)25-13-15-26(16-14-25)37-20-23-8-6-7-21(2)19-23/h6-16,19,28,34H,5,17-18,20H2,1-4H3/b29-27+. The molecule has 1 unspecified atom stereocenters. The van der Waals surface area contributed by atoms with Gasteiger partial charge in [-0.3, -0.25) is 9.59 Å². The molecule has 1 aliphatic heterocycles. The predicted molar refractivity (Wildman–Crippen MR) is 145 cm³/mol. The average molecular weight is 499 g/mol. The van der Waals surface area contributed by atoms with Crippen LogP contribution in [0.2, 0.25) is 0 Å². The zero-order valence-corrected chi connectivity index (χ0v) is 21.9. The van der Waals surface area contributed by atoms with Crippen LogP contribution in [0.5, 0.6) is 5.75 Å². The van der Waals surface area contributed by atoms with E-state index in [0.717, 1.165) is 23.1 Å². The third-order valence-electron chi connectivity index (χ3n) is 6.65. The number of amides is 1. The van der Waals surface area contributed by atoms with Crippen LogP contribution in [-0.2, 0) is 22.6 Å². The second-order valence-corrected chi connectivity index (χ2v) is 9.69. The van der Waals surface area contributed by atoms with Crippen molar-refractivity contribution in [1.29, 1.82) is 0 Å². The zero-order chi connectivity index (χ0) is 26.5. The van der Waals surface area contributed by atoms with Gasteiger partial charge in [0, 0.05) is 18.7 Å². The van der Waals surface area contributed by atoms with Crippen LogP contribution in [0.4, 0.5) is 0 Å². The Labute approximate surface area is 218 Å². The maximum atomic E-state index is 13.2. The van der Waals surface area contributed by atoms with Crippen LogP contribution in [0.1, 0.15) is 40.8 Å². The molecule has 37 heavy (non-hydrogen) atoms. The Hall–Kier alpha value is -3.90. The van der Waals surface area contributed by atoms with Gasteiger partial charge in [0.25, 0.3) is 11.7 Å². The summed E-state index contributed by atoms with van der Waals surface area (Å²) in [5.74, 6) is -0.789. The highest BCUT2D eigenvalue weighted by molar-refractivity contribution is 6.46. The van der Waals surface area contributed by atoms with E-state index in [2.05, 4.69) is 13.0 Å². The number of hydrogen-bond donors (Lipinski definition) is 1. The van der Waals surface area contributed by atoms with Crippen molar-refractivity contribution in [2.24, 2.45) is 0 Å². The number of ketones is 1. The molecule has 6 heteroatoms. The molecule has 1 aliphatic rings. The van der Waals surface area contributed by atoms with Crippen LogP contribution < -0.4 is 4.74 Å². The quantitative estimate of drug-likeness (QED) is 0.252. The molecular weight excluding hydrogens is 464 g/mol. The van der Waals surface area contributed by atoms with Gasteiger partial charge in [0.2, 0.25) is 0 Å². The van der Waals surface area contributed by atoms with Gasteiger partial charge >= 0.3 is 0 Å². The molecule has 1 amide bonds. The van der Waals surface area contributed by atoms with Crippen LogP contribution in [-0.4, -0.2) is 53.8 Å². The Morgan fingerprint density at radius 3 is 2.30 bits per heavy atom. The topological polar surface area (TPSA) is 70.1 Å². The third-order valence-corrected chi connectivity index (χ3v) is 6.65. The third kappa shape index (κ3) is 5.92. The summed E-state index contributed by atoms with van der Waals surface area (Å²) in [6.45, 7) is 5.52. The van der Waals surface area contributed by atoms with Crippen LogP contribution >= 0.6 is 0 Å². The highest BCUT2D eigenvalue weighted by atomic mass is 16.5. The van der Waals surface area contributed by atoms with Gasteiger partial charge in [-0.1, -0.05) is 61.0 Å². The molecular formula is C31H34N2O4. The molecule has 192 valence electrons. The number of carbonyl (C=O) groups excluding carboxylic acids is 2. The van der Waals surface area contributed by atoms with Gasteiger partial charge in [-0.15, -0.1) is 0 Å². The molecule has 3 aromatic carbocycles. The van der Waals surface area contributed by atoms with Crippen molar-refractivity contribution in [3.05, 3.63) is 106 Å². The van der Waals surface area contributed by atoms with Crippen molar-refractivity contribution in [1.82, 2.24) is 9.80 Å². The molecule has 1 N–H and O–H groups in total. The Morgan fingerprint density at radius 2 is 1.68 bits per heavy atom. The number of rotatable bonds is 9. The number of likely N-dealkylation sites (N-methyl/N-ethyl adjacent to an activating group) is 1. The zero-order valence-electron chi connectivity index (χ0n) is 21.9. The summed E-state index contributed by atoms with van der Waals surface area (Å²) < 4.78 is 5.90. The Morgan fingerprint density at radius 1 is 0.973 bits per heavy atom. The largest absolute Gasteiger partial charge is 0.507 e. The first kappa shape index (κ1) is 26.2. The lowest BCUT2D eigenvalue weighted by Crippen LogP contribution is -2.35. The van der Waals surface area contributed by atoms with Gasteiger partial charge < -0.3 is 19.6 Å². The number of aliphatic hydroxyl groups is 1. The molecule has 3 aromatic rings. The number of ether oxygens (including phenoxy) is 1. The Balaban J connectivity index is 1.64. The van der Waals surface area contributed by atoms with E-state index in [9.17, 15) is 14.7 Å². The molecule has 0 bridgehead atoms. The monoisotopic (exact) mass is 498 g/mol. The summed E-state index contributed by atoms with van der Waals surface area (Å²) in [6.07, 6.45) is 0.888. The second-order valence-electron chi connectivity index (χ2n) is 9.69. The van der Waals surface area contributed by atoms with Gasteiger partial charge in [0.15, 0.2) is 0 Å². The smallest absolute Gasteiger partial charge is 0.295 e. The Kier molecular flexibility index (Phi) is 8.09. The van der Waals surface area contributed by atoms with Gasteiger partial charge in [0.1, 0.15) is 18.1 Å². The van der Waals surface area contributed by atoms with Crippen LogP contribution in [0.25, 0.3) is 5.76 Å². The summed E-state index contributed by atoms with van der Waals surface area (Å²) in [5, 5.41) is 11.3. The number of likely N-dealkylation sites (tertiary alicyclic amines) is 1. The average Bonchev–Trinajstić information content (AvgIpc) is 3.15. The highest BCUT2D eigenvalue weighted by Gasteiger charge is 2.45. The molecule has 0 spiro atoms. The second kappa shape index (κ2) is 11.4. The number of aryl methyl sites for hydroxylation is 2. The van der Waals surface area contributed by atoms with E-state index in [0.29, 0.717) is 31.0 Å². The molecule has 0 saturated carbocycles. The van der Waals surface area contributed by atoms with Crippen molar-refractivity contribution in [2.75, 3.05) is 27.2 Å². The molecule has 0 aliphatic carbocycles. The van der Waals surface area contributed by atoms with Crippen LogP contribution in [0.15, 0.2) is 78.4 Å². The fourth-order valence-corrected chi connectivity index (χ4v) is 4.53. The van der Waals surface area contributed by atoms with E-state index < -0.39 is 17.7 Å². The fraction of sp³-hybridized carbons (Fsp3) is 0.290. The lowest BCUT2D eigenvalue weighted by atomic mass is 9.94. The molecule has 0 aromatic heterocycles.